The van der Waals surface area contributed by atoms with Crippen LogP contribution in [-0.4, -0.2) is 37.7 Å². The lowest BCUT2D eigenvalue weighted by Gasteiger charge is -2.23. The first kappa shape index (κ1) is 26.0. The molecule has 1 N–H and O–H groups in total. The highest BCUT2D eigenvalue weighted by molar-refractivity contribution is 7.96. The predicted octanol–water partition coefficient (Wildman–Crippen LogP) is 4.56. The van der Waals surface area contributed by atoms with Gasteiger partial charge < -0.3 is 14.8 Å². The average molecular weight is 460 g/mol. The molecule has 1 unspecified atom stereocenters. The van der Waals surface area contributed by atoms with Crippen molar-refractivity contribution in [1.29, 1.82) is 0 Å². The summed E-state index contributed by atoms with van der Waals surface area (Å²) in [5, 5.41) is 2.55. The Morgan fingerprint density at radius 3 is 2.07 bits per heavy atom. The summed E-state index contributed by atoms with van der Waals surface area (Å²) in [6.45, 7) is 10.3. The standard InChI is InChI=1S/C21H30ClNO6S/c1-20(2,3)28-18(24)13-12-15(23-19(25)29-21(4,5)6)14-17(22)30(26,27)16-10-8-7-9-11-16/h7-11,14-15H,12-13H2,1-6H3,(H,23,25). The van der Waals surface area contributed by atoms with E-state index in [1.165, 1.54) is 18.2 Å². The molecule has 1 aromatic rings. The van der Waals surface area contributed by atoms with Crippen molar-refractivity contribution in [2.45, 2.75) is 76.5 Å². The second kappa shape index (κ2) is 10.3. The Balaban J connectivity index is 3.05. The van der Waals surface area contributed by atoms with Crippen molar-refractivity contribution in [1.82, 2.24) is 5.32 Å². The van der Waals surface area contributed by atoms with E-state index < -0.39 is 43.5 Å². The molecular weight excluding hydrogens is 430 g/mol. The van der Waals surface area contributed by atoms with Crippen LogP contribution in [0, 0.1) is 0 Å². The number of carbonyl (C=O) groups is 2. The van der Waals surface area contributed by atoms with Crippen molar-refractivity contribution in [2.24, 2.45) is 0 Å². The minimum atomic E-state index is -3.95. The summed E-state index contributed by atoms with van der Waals surface area (Å²) in [7, 11) is -3.95. The maximum atomic E-state index is 12.7. The molecule has 1 rings (SSSR count). The SMILES string of the molecule is CC(C)(C)OC(=O)CCC(C=C(Cl)S(=O)(=O)c1ccccc1)NC(=O)OC(C)(C)C. The van der Waals surface area contributed by atoms with E-state index in [0.29, 0.717) is 0 Å². The summed E-state index contributed by atoms with van der Waals surface area (Å²) >= 11 is 6.10. The van der Waals surface area contributed by atoms with Crippen LogP contribution in [0.25, 0.3) is 0 Å². The zero-order valence-electron chi connectivity index (χ0n) is 18.2. The second-order valence-electron chi connectivity index (χ2n) is 8.67. The van der Waals surface area contributed by atoms with Crippen molar-refractivity contribution in [3.05, 3.63) is 40.8 Å². The Morgan fingerprint density at radius 1 is 1.03 bits per heavy atom. The first-order valence-corrected chi connectivity index (χ1v) is 11.3. The molecule has 1 amide bonds. The molecular formula is C21H30ClNO6S. The number of rotatable bonds is 7. The topological polar surface area (TPSA) is 98.8 Å². The third-order valence-electron chi connectivity index (χ3n) is 3.42. The van der Waals surface area contributed by atoms with E-state index in [0.717, 1.165) is 0 Å². The van der Waals surface area contributed by atoms with Crippen LogP contribution < -0.4 is 5.32 Å². The van der Waals surface area contributed by atoms with Crippen LogP contribution >= 0.6 is 11.6 Å². The van der Waals surface area contributed by atoms with E-state index in [4.69, 9.17) is 21.1 Å². The summed E-state index contributed by atoms with van der Waals surface area (Å²) in [6.07, 6.45) is 0.464. The van der Waals surface area contributed by atoms with Gasteiger partial charge in [0.15, 0.2) is 0 Å². The molecule has 168 valence electrons. The van der Waals surface area contributed by atoms with E-state index in [1.807, 2.05) is 0 Å². The molecule has 0 radical (unpaired) electrons. The Morgan fingerprint density at radius 2 is 1.57 bits per heavy atom. The number of alkyl carbamates (subject to hydrolysis) is 1. The summed E-state index contributed by atoms with van der Waals surface area (Å²) in [5.41, 5.74) is -1.40. The van der Waals surface area contributed by atoms with E-state index in [2.05, 4.69) is 5.32 Å². The highest BCUT2D eigenvalue weighted by Crippen LogP contribution is 2.23. The molecule has 1 aromatic carbocycles. The lowest BCUT2D eigenvalue weighted by Crippen LogP contribution is -2.39. The van der Waals surface area contributed by atoms with Gasteiger partial charge in [-0.15, -0.1) is 0 Å². The normalized spacial score (nSPS) is 14.0. The lowest BCUT2D eigenvalue weighted by molar-refractivity contribution is -0.155. The van der Waals surface area contributed by atoms with Gasteiger partial charge in [0.1, 0.15) is 15.6 Å². The molecule has 0 spiro atoms. The number of nitrogens with one attached hydrogen (secondary N) is 1. The molecule has 0 aliphatic carbocycles. The fourth-order valence-electron chi connectivity index (χ4n) is 2.28. The van der Waals surface area contributed by atoms with Gasteiger partial charge in [0.2, 0.25) is 9.84 Å². The Kier molecular flexibility index (Phi) is 8.92. The minimum absolute atomic E-state index is 0.0226. The van der Waals surface area contributed by atoms with Gasteiger partial charge in [0.05, 0.1) is 10.9 Å². The van der Waals surface area contributed by atoms with Gasteiger partial charge in [-0.25, -0.2) is 13.2 Å². The molecule has 0 fully saturated rings. The number of ether oxygens (including phenoxy) is 2. The van der Waals surface area contributed by atoms with E-state index in [9.17, 15) is 18.0 Å². The quantitative estimate of drug-likeness (QED) is 0.600. The summed E-state index contributed by atoms with van der Waals surface area (Å²) < 4.78 is 35.4. The average Bonchev–Trinajstić information content (AvgIpc) is 2.57. The number of carbonyl (C=O) groups excluding carboxylic acids is 2. The van der Waals surface area contributed by atoms with E-state index >= 15 is 0 Å². The van der Waals surface area contributed by atoms with Gasteiger partial charge in [0.25, 0.3) is 0 Å². The van der Waals surface area contributed by atoms with Gasteiger partial charge in [-0.1, -0.05) is 29.8 Å². The van der Waals surface area contributed by atoms with Gasteiger partial charge in [0, 0.05) is 6.42 Å². The van der Waals surface area contributed by atoms with Crippen molar-refractivity contribution in [2.75, 3.05) is 0 Å². The maximum Gasteiger partial charge on any atom is 0.408 e. The monoisotopic (exact) mass is 459 g/mol. The van der Waals surface area contributed by atoms with Gasteiger partial charge in [-0.2, -0.15) is 0 Å². The Bertz CT molecular complexity index is 867. The third-order valence-corrected chi connectivity index (χ3v) is 5.70. The number of benzene rings is 1. The molecule has 1 atom stereocenters. The maximum absolute atomic E-state index is 12.7. The fraction of sp³-hybridized carbons (Fsp3) is 0.524. The summed E-state index contributed by atoms with van der Waals surface area (Å²) in [4.78, 5) is 24.2. The molecule has 30 heavy (non-hydrogen) atoms. The minimum Gasteiger partial charge on any atom is -0.460 e. The summed E-state index contributed by atoms with van der Waals surface area (Å²) in [6, 6.07) is 6.82. The molecule has 0 bridgehead atoms. The number of halogens is 1. The molecule has 0 heterocycles. The molecule has 7 nitrogen and oxygen atoms in total. The van der Waals surface area contributed by atoms with E-state index in [-0.39, 0.29) is 17.7 Å². The smallest absolute Gasteiger partial charge is 0.408 e. The number of amides is 1. The molecule has 0 aliphatic rings. The van der Waals surface area contributed by atoms with Crippen LogP contribution in [0.2, 0.25) is 0 Å². The zero-order valence-corrected chi connectivity index (χ0v) is 19.8. The van der Waals surface area contributed by atoms with Crippen LogP contribution in [0.3, 0.4) is 0 Å². The highest BCUT2D eigenvalue weighted by atomic mass is 35.5. The first-order chi connectivity index (χ1) is 13.6. The van der Waals surface area contributed by atoms with Crippen molar-refractivity contribution in [3.63, 3.8) is 0 Å². The fourth-order valence-corrected chi connectivity index (χ4v) is 3.79. The van der Waals surface area contributed by atoms with Crippen molar-refractivity contribution < 1.29 is 27.5 Å². The largest absolute Gasteiger partial charge is 0.460 e. The number of hydrogen-bond donors (Lipinski definition) is 1. The Labute approximate surface area is 183 Å². The number of sulfone groups is 1. The zero-order chi connectivity index (χ0) is 23.2. The van der Waals surface area contributed by atoms with Crippen molar-refractivity contribution in [3.8, 4) is 0 Å². The van der Waals surface area contributed by atoms with Gasteiger partial charge in [-0.3, -0.25) is 4.79 Å². The molecule has 0 saturated carbocycles. The molecule has 9 heteroatoms. The second-order valence-corrected chi connectivity index (χ2v) is 11.2. The predicted molar refractivity (Wildman–Crippen MR) is 116 cm³/mol. The summed E-state index contributed by atoms with van der Waals surface area (Å²) in [5.74, 6) is -0.478. The molecule has 0 aliphatic heterocycles. The highest BCUT2D eigenvalue weighted by Gasteiger charge is 2.24. The van der Waals surface area contributed by atoms with Gasteiger partial charge >= 0.3 is 12.1 Å². The first-order valence-electron chi connectivity index (χ1n) is 9.49. The third kappa shape index (κ3) is 9.63. The van der Waals surface area contributed by atoms with Crippen LogP contribution in [0.4, 0.5) is 4.79 Å². The number of esters is 1. The van der Waals surface area contributed by atoms with Crippen LogP contribution in [0.1, 0.15) is 54.4 Å². The van der Waals surface area contributed by atoms with Crippen LogP contribution in [-0.2, 0) is 24.1 Å². The lowest BCUT2D eigenvalue weighted by atomic mass is 10.1. The van der Waals surface area contributed by atoms with Crippen LogP contribution in [0.5, 0.6) is 0 Å². The Hall–Kier alpha value is -2.06. The molecule has 0 aromatic heterocycles. The van der Waals surface area contributed by atoms with Gasteiger partial charge in [-0.05, 0) is 66.2 Å². The van der Waals surface area contributed by atoms with Crippen molar-refractivity contribution >= 4 is 33.5 Å². The van der Waals surface area contributed by atoms with E-state index in [1.54, 1.807) is 59.7 Å². The number of hydrogen-bond acceptors (Lipinski definition) is 6. The van der Waals surface area contributed by atoms with Crippen LogP contribution in [0.15, 0.2) is 45.7 Å². The molecule has 0 saturated heterocycles.